The van der Waals surface area contributed by atoms with Crippen molar-refractivity contribution in [1.82, 2.24) is 9.88 Å². The molecule has 3 nitrogen and oxygen atoms in total. The van der Waals surface area contributed by atoms with E-state index >= 15 is 0 Å². The van der Waals surface area contributed by atoms with Crippen molar-refractivity contribution in [3.63, 3.8) is 0 Å². The number of nitrogens with zero attached hydrogens (tertiary/aromatic N) is 1. The van der Waals surface area contributed by atoms with Crippen LogP contribution in [-0.4, -0.2) is 17.0 Å². The number of hydrogen-bond acceptors (Lipinski definition) is 1. The highest BCUT2D eigenvalue weighted by Gasteiger charge is 2.14. The summed E-state index contributed by atoms with van der Waals surface area (Å²) in [5.74, 6) is -0.371. The molecule has 1 N–H and O–H groups in total. The molecule has 1 amide bonds. The van der Waals surface area contributed by atoms with Gasteiger partial charge < -0.3 is 9.88 Å². The maximum Gasteiger partial charge on any atom is 0.253 e. The summed E-state index contributed by atoms with van der Waals surface area (Å²) in [6, 6.07) is 21.9. The molecule has 5 heteroatoms. The van der Waals surface area contributed by atoms with E-state index in [1.54, 1.807) is 12.1 Å². The van der Waals surface area contributed by atoms with Crippen LogP contribution >= 0.6 is 11.6 Å². The molecule has 29 heavy (non-hydrogen) atoms. The Hall–Kier alpha value is -3.11. The summed E-state index contributed by atoms with van der Waals surface area (Å²) in [5.41, 5.74) is 3.75. The van der Waals surface area contributed by atoms with Crippen molar-refractivity contribution >= 4 is 28.4 Å². The Kier molecular flexibility index (Phi) is 5.63. The van der Waals surface area contributed by atoms with Crippen molar-refractivity contribution in [2.24, 2.45) is 0 Å². The highest BCUT2D eigenvalue weighted by atomic mass is 35.5. The van der Waals surface area contributed by atoms with Crippen LogP contribution in [0.2, 0.25) is 5.02 Å². The lowest BCUT2D eigenvalue weighted by molar-refractivity contribution is 0.0955. The number of carbonyl (C=O) groups is 1. The van der Waals surface area contributed by atoms with Crippen molar-refractivity contribution < 1.29 is 9.18 Å². The van der Waals surface area contributed by atoms with Gasteiger partial charge in [-0.15, -0.1) is 0 Å². The Morgan fingerprint density at radius 1 is 0.931 bits per heavy atom. The number of nitrogens with one attached hydrogen (secondary N) is 1. The van der Waals surface area contributed by atoms with Gasteiger partial charge in [-0.3, -0.25) is 4.79 Å². The predicted molar refractivity (Wildman–Crippen MR) is 115 cm³/mol. The van der Waals surface area contributed by atoms with Crippen LogP contribution < -0.4 is 5.32 Å². The van der Waals surface area contributed by atoms with Gasteiger partial charge >= 0.3 is 0 Å². The van der Waals surface area contributed by atoms with Crippen LogP contribution in [0.25, 0.3) is 10.9 Å². The summed E-state index contributed by atoms with van der Waals surface area (Å²) < 4.78 is 15.1. The first-order valence-electron chi connectivity index (χ1n) is 9.45. The van der Waals surface area contributed by atoms with Gasteiger partial charge in [-0.05, 0) is 47.9 Å². The van der Waals surface area contributed by atoms with E-state index in [9.17, 15) is 9.18 Å². The number of carbonyl (C=O) groups excluding carboxylic acids is 1. The number of fused-ring (bicyclic) bond motifs is 1. The van der Waals surface area contributed by atoms with Crippen molar-refractivity contribution in [2.75, 3.05) is 6.54 Å². The molecule has 0 fully saturated rings. The molecule has 0 saturated carbocycles. The van der Waals surface area contributed by atoms with Crippen LogP contribution in [0.1, 0.15) is 21.5 Å². The lowest BCUT2D eigenvalue weighted by Gasteiger charge is -2.05. The molecule has 0 saturated heterocycles. The van der Waals surface area contributed by atoms with E-state index in [0.29, 0.717) is 30.1 Å². The first-order chi connectivity index (χ1) is 14.1. The van der Waals surface area contributed by atoms with Gasteiger partial charge in [0.2, 0.25) is 0 Å². The largest absolute Gasteiger partial charge is 0.352 e. The highest BCUT2D eigenvalue weighted by molar-refractivity contribution is 6.30. The van der Waals surface area contributed by atoms with Crippen LogP contribution in [0.3, 0.4) is 0 Å². The van der Waals surface area contributed by atoms with Crippen LogP contribution in [0.5, 0.6) is 0 Å². The lowest BCUT2D eigenvalue weighted by atomic mass is 10.1. The van der Waals surface area contributed by atoms with Gasteiger partial charge in [0.1, 0.15) is 5.82 Å². The summed E-state index contributed by atoms with van der Waals surface area (Å²) in [5, 5.41) is 4.59. The van der Waals surface area contributed by atoms with Gasteiger partial charge in [-0.2, -0.15) is 0 Å². The highest BCUT2D eigenvalue weighted by Crippen LogP contribution is 2.23. The van der Waals surface area contributed by atoms with E-state index in [4.69, 9.17) is 11.6 Å². The molecule has 0 atom stereocenters. The standard InChI is InChI=1S/C24H20ClFN2O/c25-19-9-5-18(6-10-19)15-28-16-22(21-3-1-2-4-23(21)28)24(29)27-14-13-17-7-11-20(26)12-8-17/h1-12,16H,13-15H2,(H,27,29). The second-order valence-electron chi connectivity index (χ2n) is 6.95. The van der Waals surface area contributed by atoms with Gasteiger partial charge in [0, 0.05) is 35.2 Å². The van der Waals surface area contributed by atoms with Gasteiger partial charge in [0.25, 0.3) is 5.91 Å². The quantitative estimate of drug-likeness (QED) is 0.453. The zero-order chi connectivity index (χ0) is 20.2. The summed E-state index contributed by atoms with van der Waals surface area (Å²) in [4.78, 5) is 12.8. The van der Waals surface area contributed by atoms with E-state index in [0.717, 1.165) is 22.0 Å². The lowest BCUT2D eigenvalue weighted by Crippen LogP contribution is -2.25. The van der Waals surface area contributed by atoms with Crippen molar-refractivity contribution in [2.45, 2.75) is 13.0 Å². The first-order valence-corrected chi connectivity index (χ1v) is 9.83. The molecule has 0 aliphatic rings. The van der Waals surface area contributed by atoms with E-state index in [1.807, 2.05) is 54.7 Å². The summed E-state index contributed by atoms with van der Waals surface area (Å²) in [6.45, 7) is 1.14. The zero-order valence-corrected chi connectivity index (χ0v) is 16.5. The molecule has 0 unspecified atom stereocenters. The smallest absolute Gasteiger partial charge is 0.253 e. The molecule has 4 rings (SSSR count). The van der Waals surface area contributed by atoms with Gasteiger partial charge in [-0.25, -0.2) is 4.39 Å². The first kappa shape index (κ1) is 19.2. The molecular formula is C24H20ClFN2O. The number of halogens is 2. The molecule has 0 spiro atoms. The second kappa shape index (κ2) is 8.50. The molecule has 4 aromatic rings. The average Bonchev–Trinajstić information content (AvgIpc) is 3.10. The van der Waals surface area contributed by atoms with E-state index in [-0.39, 0.29) is 11.7 Å². The third-order valence-corrected chi connectivity index (χ3v) is 5.16. The molecule has 146 valence electrons. The fourth-order valence-electron chi connectivity index (χ4n) is 3.41. The minimum atomic E-state index is -0.258. The number of rotatable bonds is 6. The average molecular weight is 407 g/mol. The fourth-order valence-corrected chi connectivity index (χ4v) is 3.54. The molecule has 1 heterocycles. The molecule has 0 aliphatic carbocycles. The predicted octanol–water partition coefficient (Wildman–Crippen LogP) is 5.45. The van der Waals surface area contributed by atoms with Crippen molar-refractivity contribution in [1.29, 1.82) is 0 Å². The molecule has 0 bridgehead atoms. The molecule has 0 aliphatic heterocycles. The number of para-hydroxylation sites is 1. The number of benzene rings is 3. The number of hydrogen-bond donors (Lipinski definition) is 1. The normalized spacial score (nSPS) is 11.0. The Morgan fingerprint density at radius 2 is 1.62 bits per heavy atom. The van der Waals surface area contributed by atoms with Crippen LogP contribution in [0, 0.1) is 5.82 Å². The minimum absolute atomic E-state index is 0.113. The Labute approximate surface area is 173 Å². The zero-order valence-electron chi connectivity index (χ0n) is 15.7. The van der Waals surface area contributed by atoms with Gasteiger partial charge in [0.05, 0.1) is 5.56 Å². The second-order valence-corrected chi connectivity index (χ2v) is 7.38. The third kappa shape index (κ3) is 4.49. The van der Waals surface area contributed by atoms with E-state index in [2.05, 4.69) is 9.88 Å². The maximum atomic E-state index is 13.0. The molecular weight excluding hydrogens is 387 g/mol. The van der Waals surface area contributed by atoms with E-state index < -0.39 is 0 Å². The molecule has 0 radical (unpaired) electrons. The van der Waals surface area contributed by atoms with Crippen LogP contribution in [-0.2, 0) is 13.0 Å². The summed E-state index contributed by atoms with van der Waals surface area (Å²) in [7, 11) is 0. The maximum absolute atomic E-state index is 13.0. The van der Waals surface area contributed by atoms with Gasteiger partial charge in [-0.1, -0.05) is 54.1 Å². The summed E-state index contributed by atoms with van der Waals surface area (Å²) >= 11 is 5.98. The Morgan fingerprint density at radius 3 is 2.38 bits per heavy atom. The van der Waals surface area contributed by atoms with Crippen LogP contribution in [0.4, 0.5) is 4.39 Å². The SMILES string of the molecule is O=C(NCCc1ccc(F)cc1)c1cn(Cc2ccc(Cl)cc2)c2ccccc12. The minimum Gasteiger partial charge on any atom is -0.352 e. The van der Waals surface area contributed by atoms with Crippen molar-refractivity contribution in [3.05, 3.63) is 107 Å². The molecule has 3 aromatic carbocycles. The molecule has 1 aromatic heterocycles. The Balaban J connectivity index is 1.51. The number of amides is 1. The third-order valence-electron chi connectivity index (χ3n) is 4.91. The van der Waals surface area contributed by atoms with Crippen LogP contribution in [0.15, 0.2) is 79.0 Å². The Bertz CT molecular complexity index is 1130. The summed E-state index contributed by atoms with van der Waals surface area (Å²) in [6.07, 6.45) is 2.54. The fraction of sp³-hybridized carbons (Fsp3) is 0.125. The topological polar surface area (TPSA) is 34.0 Å². The van der Waals surface area contributed by atoms with Crippen molar-refractivity contribution in [3.8, 4) is 0 Å². The number of aromatic nitrogens is 1. The van der Waals surface area contributed by atoms with E-state index in [1.165, 1.54) is 12.1 Å². The van der Waals surface area contributed by atoms with Gasteiger partial charge in [0.15, 0.2) is 0 Å². The monoisotopic (exact) mass is 406 g/mol.